The maximum atomic E-state index is 12.4. The van der Waals surface area contributed by atoms with Crippen molar-refractivity contribution in [2.75, 3.05) is 24.2 Å². The zero-order valence-electron chi connectivity index (χ0n) is 16.5. The van der Waals surface area contributed by atoms with Crippen LogP contribution in [0.15, 0.2) is 24.7 Å². The molecule has 0 saturated carbocycles. The number of alkyl halides is 2. The van der Waals surface area contributed by atoms with Crippen molar-refractivity contribution < 1.29 is 8.78 Å². The number of nitrogens with one attached hydrogen (secondary N) is 2. The summed E-state index contributed by atoms with van der Waals surface area (Å²) in [5.74, 6) is 1.66. The van der Waals surface area contributed by atoms with E-state index in [0.29, 0.717) is 35.7 Å². The maximum absolute atomic E-state index is 12.4. The van der Waals surface area contributed by atoms with E-state index in [-0.39, 0.29) is 0 Å². The van der Waals surface area contributed by atoms with E-state index < -0.39 is 12.1 Å². The number of allylic oxidation sites excluding steroid dienone is 1. The Morgan fingerprint density at radius 2 is 2.14 bits per heavy atom. The van der Waals surface area contributed by atoms with Crippen molar-refractivity contribution in [1.82, 2.24) is 19.9 Å². The summed E-state index contributed by atoms with van der Waals surface area (Å²) in [7, 11) is 0. The molecule has 1 saturated heterocycles. The van der Waals surface area contributed by atoms with Crippen LogP contribution in [0.25, 0.3) is 17.5 Å². The Bertz CT molecular complexity index is 824. The van der Waals surface area contributed by atoms with E-state index in [0.717, 1.165) is 31.3 Å². The summed E-state index contributed by atoms with van der Waals surface area (Å²) in [4.78, 5) is 18.1. The van der Waals surface area contributed by atoms with Gasteiger partial charge in [0.05, 0.1) is 23.3 Å². The number of aromatic amines is 1. The molecule has 0 amide bonds. The molecule has 29 heavy (non-hydrogen) atoms. The van der Waals surface area contributed by atoms with Crippen LogP contribution in [0.2, 0.25) is 0 Å². The number of thiol groups is 1. The van der Waals surface area contributed by atoms with Crippen molar-refractivity contribution in [3.05, 3.63) is 30.5 Å². The second kappa shape index (κ2) is 11.0. The standard InChI is InChI=1S/C18H23F2N7.CH4S/c1-11-2-3-12(7-21)9-27(11)17-6-14(24-10-25-17)15-8-23-16(26-15)5-4-13(22)18(19)20;1-2/h4-6,8,10-12,18,22H,2-3,7,9,21H2,1H3,(H,23,26);2H,1H3/b5-4-,22-13?;. The van der Waals surface area contributed by atoms with E-state index in [4.69, 9.17) is 11.1 Å². The van der Waals surface area contributed by atoms with Crippen LogP contribution in [0.4, 0.5) is 14.6 Å². The zero-order chi connectivity index (χ0) is 21.4. The summed E-state index contributed by atoms with van der Waals surface area (Å²) < 4.78 is 24.7. The van der Waals surface area contributed by atoms with Crippen molar-refractivity contribution in [3.63, 3.8) is 0 Å². The molecule has 2 aromatic heterocycles. The van der Waals surface area contributed by atoms with Crippen molar-refractivity contribution >= 4 is 30.2 Å². The normalized spacial score (nSPS) is 19.3. The SMILES string of the molecule is CC1CCC(CN)CN1c1cc(-c2cnc(/C=C\C(=N)C(F)F)[nH]2)ncn1.CS. The first-order valence-corrected chi connectivity index (χ1v) is 10.2. The van der Waals surface area contributed by atoms with Gasteiger partial charge in [-0.25, -0.2) is 23.7 Å². The van der Waals surface area contributed by atoms with Crippen LogP contribution in [0.3, 0.4) is 0 Å². The lowest BCUT2D eigenvalue weighted by atomic mass is 9.93. The lowest BCUT2D eigenvalue weighted by molar-refractivity contribution is 0.226. The van der Waals surface area contributed by atoms with Gasteiger partial charge in [-0.3, -0.25) is 5.41 Å². The zero-order valence-corrected chi connectivity index (χ0v) is 17.4. The average Bonchev–Trinajstić information content (AvgIpc) is 3.23. The monoisotopic (exact) mass is 423 g/mol. The largest absolute Gasteiger partial charge is 0.353 e. The minimum atomic E-state index is -2.80. The third kappa shape index (κ3) is 6.07. The van der Waals surface area contributed by atoms with Gasteiger partial charge in [0.2, 0.25) is 0 Å². The Balaban J connectivity index is 0.00000145. The quantitative estimate of drug-likeness (QED) is 0.421. The first kappa shape index (κ1) is 23.0. The van der Waals surface area contributed by atoms with Gasteiger partial charge < -0.3 is 15.6 Å². The summed E-state index contributed by atoms with van der Waals surface area (Å²) in [5.41, 5.74) is 6.40. The van der Waals surface area contributed by atoms with Crippen LogP contribution >= 0.6 is 12.6 Å². The Morgan fingerprint density at radius 3 is 2.83 bits per heavy atom. The van der Waals surface area contributed by atoms with E-state index in [2.05, 4.69) is 44.4 Å². The van der Waals surface area contributed by atoms with Gasteiger partial charge in [0.15, 0.2) is 0 Å². The van der Waals surface area contributed by atoms with Gasteiger partial charge in [0.25, 0.3) is 6.43 Å². The fourth-order valence-corrected chi connectivity index (χ4v) is 3.14. The number of anilines is 1. The Morgan fingerprint density at radius 1 is 1.38 bits per heavy atom. The van der Waals surface area contributed by atoms with Gasteiger partial charge in [-0.15, -0.1) is 0 Å². The number of piperidine rings is 1. The summed E-state index contributed by atoms with van der Waals surface area (Å²) in [6.45, 7) is 3.69. The van der Waals surface area contributed by atoms with E-state index in [1.165, 1.54) is 12.4 Å². The number of rotatable bonds is 6. The van der Waals surface area contributed by atoms with E-state index in [1.807, 2.05) is 6.07 Å². The molecule has 3 rings (SSSR count). The number of nitrogens with zero attached hydrogens (tertiary/aromatic N) is 4. The first-order chi connectivity index (χ1) is 14.0. The Labute approximate surface area is 174 Å². The van der Waals surface area contributed by atoms with E-state index >= 15 is 0 Å². The average molecular weight is 424 g/mol. The Kier molecular flexibility index (Phi) is 8.71. The smallest absolute Gasteiger partial charge is 0.279 e. The predicted octanol–water partition coefficient (Wildman–Crippen LogP) is 3.27. The maximum Gasteiger partial charge on any atom is 0.279 e. The van der Waals surface area contributed by atoms with Gasteiger partial charge in [0, 0.05) is 18.7 Å². The van der Waals surface area contributed by atoms with Gasteiger partial charge in [-0.05, 0) is 50.6 Å². The number of hydrogen-bond acceptors (Lipinski definition) is 7. The van der Waals surface area contributed by atoms with Gasteiger partial charge >= 0.3 is 0 Å². The van der Waals surface area contributed by atoms with Crippen LogP contribution in [0.5, 0.6) is 0 Å². The molecule has 1 aliphatic heterocycles. The molecule has 2 unspecified atom stereocenters. The van der Waals surface area contributed by atoms with Crippen LogP contribution in [-0.2, 0) is 0 Å². The van der Waals surface area contributed by atoms with Gasteiger partial charge in [-0.1, -0.05) is 0 Å². The summed E-state index contributed by atoms with van der Waals surface area (Å²) in [6, 6.07) is 2.26. The molecule has 1 aliphatic rings. The molecule has 0 aliphatic carbocycles. The van der Waals surface area contributed by atoms with E-state index in [1.54, 1.807) is 12.5 Å². The van der Waals surface area contributed by atoms with E-state index in [9.17, 15) is 8.78 Å². The molecule has 0 radical (unpaired) electrons. The van der Waals surface area contributed by atoms with Gasteiger partial charge in [0.1, 0.15) is 18.0 Å². The molecule has 0 bridgehead atoms. The van der Waals surface area contributed by atoms with Crippen LogP contribution < -0.4 is 10.6 Å². The molecule has 3 heterocycles. The number of aromatic nitrogens is 4. The molecule has 158 valence electrons. The second-order valence-electron chi connectivity index (χ2n) is 6.71. The third-order valence-electron chi connectivity index (χ3n) is 4.79. The summed E-state index contributed by atoms with van der Waals surface area (Å²) in [5, 5.41) is 7.14. The summed E-state index contributed by atoms with van der Waals surface area (Å²) >= 11 is 3.53. The van der Waals surface area contributed by atoms with Gasteiger partial charge in [-0.2, -0.15) is 12.6 Å². The minimum absolute atomic E-state index is 0.371. The molecule has 0 spiro atoms. The fraction of sp³-hybridized carbons (Fsp3) is 0.474. The number of halogens is 2. The van der Waals surface area contributed by atoms with Crippen molar-refractivity contribution in [3.8, 4) is 11.4 Å². The number of nitrogens with two attached hydrogens (primary N) is 1. The van der Waals surface area contributed by atoms with Crippen LogP contribution in [0, 0.1) is 11.3 Å². The molecule has 7 nitrogen and oxygen atoms in total. The molecular formula is C19H27F2N7S. The molecule has 2 aromatic rings. The number of hydrogen-bond donors (Lipinski definition) is 4. The topological polar surface area (TPSA) is 108 Å². The highest BCUT2D eigenvalue weighted by atomic mass is 32.1. The molecule has 0 aromatic carbocycles. The summed E-state index contributed by atoms with van der Waals surface area (Å²) in [6.07, 6.45) is 6.54. The molecular weight excluding hydrogens is 396 g/mol. The predicted molar refractivity (Wildman–Crippen MR) is 116 cm³/mol. The van der Waals surface area contributed by atoms with Crippen molar-refractivity contribution in [1.29, 1.82) is 5.41 Å². The second-order valence-corrected chi connectivity index (χ2v) is 6.71. The highest BCUT2D eigenvalue weighted by molar-refractivity contribution is 7.79. The Hall–Kier alpha value is -2.33. The minimum Gasteiger partial charge on any atom is -0.353 e. The fourth-order valence-electron chi connectivity index (χ4n) is 3.14. The molecule has 2 atom stereocenters. The first-order valence-electron chi connectivity index (χ1n) is 9.31. The highest BCUT2D eigenvalue weighted by Gasteiger charge is 2.26. The third-order valence-corrected chi connectivity index (χ3v) is 4.79. The number of imidazole rings is 1. The van der Waals surface area contributed by atoms with Crippen LogP contribution in [-0.4, -0.2) is 57.5 Å². The van der Waals surface area contributed by atoms with Crippen LogP contribution in [0.1, 0.15) is 25.6 Å². The molecule has 1 fully saturated rings. The molecule has 10 heteroatoms. The number of H-pyrrole nitrogens is 1. The van der Waals surface area contributed by atoms with Crippen molar-refractivity contribution in [2.24, 2.45) is 11.7 Å². The highest BCUT2D eigenvalue weighted by Crippen LogP contribution is 2.27. The lowest BCUT2D eigenvalue weighted by Gasteiger charge is -2.38. The van der Waals surface area contributed by atoms with Crippen molar-refractivity contribution in [2.45, 2.75) is 32.2 Å². The lowest BCUT2D eigenvalue weighted by Crippen LogP contribution is -2.44. The molecule has 4 N–H and O–H groups in total.